The number of amides is 1. The quantitative estimate of drug-likeness (QED) is 0.804. The number of carbonyl (C=O) groups is 1. The van der Waals surface area contributed by atoms with Crippen molar-refractivity contribution in [2.24, 2.45) is 0 Å². The summed E-state index contributed by atoms with van der Waals surface area (Å²) in [5.41, 5.74) is 2.87. The van der Waals surface area contributed by atoms with Crippen LogP contribution in [0.1, 0.15) is 38.8 Å². The van der Waals surface area contributed by atoms with E-state index in [0.29, 0.717) is 32.8 Å². The molecule has 3 rings (SSSR count). The van der Waals surface area contributed by atoms with Crippen molar-refractivity contribution in [1.29, 1.82) is 0 Å². The lowest BCUT2D eigenvalue weighted by atomic mass is 10.0. The third kappa shape index (κ3) is 4.40. The molecule has 0 aromatic heterocycles. The van der Waals surface area contributed by atoms with Gasteiger partial charge in [-0.25, -0.2) is 9.18 Å². The van der Waals surface area contributed by atoms with Crippen LogP contribution in [0.5, 0.6) is 5.75 Å². The van der Waals surface area contributed by atoms with Crippen molar-refractivity contribution in [2.45, 2.75) is 52.3 Å². The summed E-state index contributed by atoms with van der Waals surface area (Å²) in [6.45, 7) is 10.1. The van der Waals surface area contributed by atoms with Crippen molar-refractivity contribution in [3.05, 3.63) is 23.3 Å². The lowest BCUT2D eigenvalue weighted by molar-refractivity contribution is 0.0258. The molecule has 0 spiro atoms. The number of carbonyl (C=O) groups excluding carboxylic acids is 1. The molecule has 0 radical (unpaired) electrons. The van der Waals surface area contributed by atoms with Gasteiger partial charge in [0.05, 0.1) is 12.2 Å². The van der Waals surface area contributed by atoms with E-state index < -0.39 is 11.8 Å². The summed E-state index contributed by atoms with van der Waals surface area (Å²) in [7, 11) is 0. The van der Waals surface area contributed by atoms with Crippen LogP contribution >= 0.6 is 0 Å². The number of ether oxygens (including phenoxy) is 2. The number of alkyl halides is 1. The van der Waals surface area contributed by atoms with Crippen molar-refractivity contribution in [3.8, 4) is 5.75 Å². The fourth-order valence-electron chi connectivity index (χ4n) is 3.49. The van der Waals surface area contributed by atoms with E-state index in [1.54, 1.807) is 11.8 Å². The number of benzene rings is 1. The molecule has 0 aliphatic carbocycles. The number of halogens is 1. The van der Waals surface area contributed by atoms with Gasteiger partial charge in [-0.1, -0.05) is 0 Å². The molecule has 2 heterocycles. The molecule has 1 aromatic rings. The predicted octanol–water partition coefficient (Wildman–Crippen LogP) is 3.58. The molecule has 0 saturated carbocycles. The van der Waals surface area contributed by atoms with Crippen molar-refractivity contribution < 1.29 is 18.7 Å². The second-order valence-corrected chi connectivity index (χ2v) is 8.13. The van der Waals surface area contributed by atoms with E-state index >= 15 is 0 Å². The summed E-state index contributed by atoms with van der Waals surface area (Å²) >= 11 is 0. The Morgan fingerprint density at radius 2 is 1.88 bits per heavy atom. The van der Waals surface area contributed by atoms with Gasteiger partial charge in [0.15, 0.2) is 0 Å². The average Bonchev–Trinajstić information content (AvgIpc) is 2.73. The average molecular weight is 364 g/mol. The van der Waals surface area contributed by atoms with Gasteiger partial charge in [0, 0.05) is 19.6 Å². The van der Waals surface area contributed by atoms with Crippen molar-refractivity contribution in [1.82, 2.24) is 4.90 Å². The lowest BCUT2D eigenvalue weighted by Crippen LogP contribution is -2.38. The van der Waals surface area contributed by atoms with Crippen LogP contribution < -0.4 is 9.64 Å². The van der Waals surface area contributed by atoms with Gasteiger partial charge < -0.3 is 19.3 Å². The lowest BCUT2D eigenvalue weighted by Gasteiger charge is -2.32. The molecule has 0 fully saturated rings. The molecule has 1 aromatic carbocycles. The summed E-state index contributed by atoms with van der Waals surface area (Å²) in [5, 5.41) is 0. The Bertz CT molecular complexity index is 670. The van der Waals surface area contributed by atoms with Crippen LogP contribution in [-0.2, 0) is 17.6 Å². The molecule has 1 atom stereocenters. The number of nitrogens with zero attached hydrogens (tertiary/aromatic N) is 2. The van der Waals surface area contributed by atoms with Crippen LogP contribution in [0.2, 0.25) is 0 Å². The minimum atomic E-state index is -0.887. The highest BCUT2D eigenvalue weighted by atomic mass is 19.1. The Hall–Kier alpha value is -1.98. The smallest absolute Gasteiger partial charge is 0.410 e. The van der Waals surface area contributed by atoms with E-state index in [-0.39, 0.29) is 6.09 Å². The molecule has 5 nitrogen and oxygen atoms in total. The van der Waals surface area contributed by atoms with Gasteiger partial charge in [0.2, 0.25) is 0 Å². The molecule has 0 saturated heterocycles. The summed E-state index contributed by atoms with van der Waals surface area (Å²) < 4.78 is 24.8. The second-order valence-electron chi connectivity index (χ2n) is 8.13. The predicted molar refractivity (Wildman–Crippen MR) is 99.9 cm³/mol. The standard InChI is InChI=1S/C20H29FN2O3/c1-14(21)13-23-9-10-25-18-12-16-6-8-22(19(24)26-20(2,3)4)7-5-15(16)11-17(18)23/h11-12,14H,5-10,13H2,1-4H3. The van der Waals surface area contributed by atoms with Gasteiger partial charge in [-0.3, -0.25) is 0 Å². The van der Waals surface area contributed by atoms with Gasteiger partial charge in [0.1, 0.15) is 24.1 Å². The highest BCUT2D eigenvalue weighted by Crippen LogP contribution is 2.36. The minimum Gasteiger partial charge on any atom is -0.490 e. The van der Waals surface area contributed by atoms with E-state index in [4.69, 9.17) is 9.47 Å². The highest BCUT2D eigenvalue weighted by Gasteiger charge is 2.27. The first-order valence-corrected chi connectivity index (χ1v) is 9.38. The van der Waals surface area contributed by atoms with E-state index in [0.717, 1.165) is 24.3 Å². The molecule has 0 bridgehead atoms. The van der Waals surface area contributed by atoms with Crippen LogP contribution in [0.4, 0.5) is 14.9 Å². The highest BCUT2D eigenvalue weighted by molar-refractivity contribution is 5.69. The van der Waals surface area contributed by atoms with Crippen LogP contribution in [-0.4, -0.2) is 55.6 Å². The van der Waals surface area contributed by atoms with Crippen LogP contribution in [0.3, 0.4) is 0 Å². The Morgan fingerprint density at radius 3 is 2.50 bits per heavy atom. The van der Waals surface area contributed by atoms with Crippen molar-refractivity contribution in [3.63, 3.8) is 0 Å². The van der Waals surface area contributed by atoms with Gasteiger partial charge in [-0.2, -0.15) is 0 Å². The molecule has 144 valence electrons. The molecular weight excluding hydrogens is 335 g/mol. The number of hydrogen-bond donors (Lipinski definition) is 0. The monoisotopic (exact) mass is 364 g/mol. The van der Waals surface area contributed by atoms with Crippen LogP contribution in [0.15, 0.2) is 12.1 Å². The molecule has 1 unspecified atom stereocenters. The second kappa shape index (κ2) is 7.33. The zero-order chi connectivity index (χ0) is 18.9. The Kier molecular flexibility index (Phi) is 5.30. The topological polar surface area (TPSA) is 42.0 Å². The maximum absolute atomic E-state index is 13.5. The fraction of sp³-hybridized carbons (Fsp3) is 0.650. The number of fused-ring (bicyclic) bond motifs is 2. The van der Waals surface area contributed by atoms with Gasteiger partial charge in [0.25, 0.3) is 0 Å². The van der Waals surface area contributed by atoms with Crippen molar-refractivity contribution in [2.75, 3.05) is 37.7 Å². The van der Waals surface area contributed by atoms with Crippen LogP contribution in [0, 0.1) is 0 Å². The molecular formula is C20H29FN2O3. The largest absolute Gasteiger partial charge is 0.490 e. The van der Waals surface area contributed by atoms with E-state index in [1.807, 2.05) is 20.8 Å². The van der Waals surface area contributed by atoms with E-state index in [1.165, 1.54) is 11.1 Å². The number of hydrogen-bond acceptors (Lipinski definition) is 4. The third-order valence-electron chi connectivity index (χ3n) is 4.67. The third-order valence-corrected chi connectivity index (χ3v) is 4.67. The Balaban J connectivity index is 1.77. The summed E-state index contributed by atoms with van der Waals surface area (Å²) in [6, 6.07) is 4.18. The molecule has 0 N–H and O–H groups in total. The maximum Gasteiger partial charge on any atom is 0.410 e. The molecule has 26 heavy (non-hydrogen) atoms. The first kappa shape index (κ1) is 18.8. The van der Waals surface area contributed by atoms with E-state index in [2.05, 4.69) is 17.0 Å². The summed E-state index contributed by atoms with van der Waals surface area (Å²) in [4.78, 5) is 16.2. The number of anilines is 1. The molecule has 2 aliphatic heterocycles. The molecule has 6 heteroatoms. The Morgan fingerprint density at radius 1 is 1.23 bits per heavy atom. The van der Waals surface area contributed by atoms with Gasteiger partial charge >= 0.3 is 6.09 Å². The minimum absolute atomic E-state index is 0.265. The normalized spacial score (nSPS) is 18.3. The summed E-state index contributed by atoms with van der Waals surface area (Å²) in [5.74, 6) is 0.821. The molecule has 1 amide bonds. The Labute approximate surface area is 155 Å². The first-order chi connectivity index (χ1) is 12.2. The van der Waals surface area contributed by atoms with Crippen LogP contribution in [0.25, 0.3) is 0 Å². The van der Waals surface area contributed by atoms with Gasteiger partial charge in [-0.15, -0.1) is 0 Å². The zero-order valence-electron chi connectivity index (χ0n) is 16.2. The summed E-state index contributed by atoms with van der Waals surface area (Å²) in [6.07, 6.45) is 0.382. The number of rotatable bonds is 2. The molecule has 2 aliphatic rings. The van der Waals surface area contributed by atoms with E-state index in [9.17, 15) is 9.18 Å². The fourth-order valence-corrected chi connectivity index (χ4v) is 3.49. The first-order valence-electron chi connectivity index (χ1n) is 9.38. The maximum atomic E-state index is 13.5. The zero-order valence-corrected chi connectivity index (χ0v) is 16.2. The van der Waals surface area contributed by atoms with Crippen molar-refractivity contribution >= 4 is 11.8 Å². The van der Waals surface area contributed by atoms with Gasteiger partial charge in [-0.05, 0) is 63.8 Å². The SMILES string of the molecule is CC(F)CN1CCOc2cc3c(cc21)CCN(C(=O)OC(C)(C)C)CC3.